The lowest BCUT2D eigenvalue weighted by atomic mass is 9.94. The maximum absolute atomic E-state index is 13.0. The number of hydrogen-bond donors (Lipinski definition) is 0. The van der Waals surface area contributed by atoms with Crippen molar-refractivity contribution >= 4 is 5.91 Å². The Morgan fingerprint density at radius 3 is 2.43 bits per heavy atom. The molecule has 3 rings (SSSR count). The Morgan fingerprint density at radius 2 is 1.78 bits per heavy atom. The van der Waals surface area contributed by atoms with Crippen LogP contribution in [0.2, 0.25) is 0 Å². The van der Waals surface area contributed by atoms with Gasteiger partial charge in [-0.1, -0.05) is 37.5 Å². The van der Waals surface area contributed by atoms with Crippen molar-refractivity contribution in [1.82, 2.24) is 14.7 Å². The van der Waals surface area contributed by atoms with Crippen molar-refractivity contribution in [3.8, 4) is 5.69 Å². The van der Waals surface area contributed by atoms with Crippen LogP contribution in [-0.2, 0) is 0 Å². The zero-order valence-electron chi connectivity index (χ0n) is 14.2. The highest BCUT2D eigenvalue weighted by atomic mass is 16.2. The molecule has 0 radical (unpaired) electrons. The number of aromatic nitrogens is 2. The van der Waals surface area contributed by atoms with Crippen LogP contribution in [0.25, 0.3) is 5.69 Å². The van der Waals surface area contributed by atoms with E-state index >= 15 is 0 Å². The third kappa shape index (κ3) is 3.03. The Bertz CT molecular complexity index is 684. The maximum atomic E-state index is 13.0. The number of amides is 1. The Hall–Kier alpha value is -2.10. The van der Waals surface area contributed by atoms with Crippen LogP contribution in [0.1, 0.15) is 53.8 Å². The van der Waals surface area contributed by atoms with Gasteiger partial charge in [-0.05, 0) is 38.8 Å². The van der Waals surface area contributed by atoms with E-state index in [4.69, 9.17) is 0 Å². The molecule has 122 valence electrons. The van der Waals surface area contributed by atoms with Gasteiger partial charge < -0.3 is 4.90 Å². The predicted octanol–water partition coefficient (Wildman–Crippen LogP) is 3.89. The molecule has 4 heteroatoms. The van der Waals surface area contributed by atoms with Crippen LogP contribution in [0, 0.1) is 13.8 Å². The second kappa shape index (κ2) is 6.57. The minimum absolute atomic E-state index is 0.106. The maximum Gasteiger partial charge on any atom is 0.257 e. The van der Waals surface area contributed by atoms with Crippen LogP contribution >= 0.6 is 0 Å². The molecular formula is C19H25N3O. The van der Waals surface area contributed by atoms with Crippen molar-refractivity contribution in [1.29, 1.82) is 0 Å². The van der Waals surface area contributed by atoms with Crippen molar-refractivity contribution in [2.75, 3.05) is 7.05 Å². The first kappa shape index (κ1) is 15.8. The monoisotopic (exact) mass is 311 g/mol. The molecule has 0 saturated heterocycles. The van der Waals surface area contributed by atoms with Crippen LogP contribution in [0.3, 0.4) is 0 Å². The van der Waals surface area contributed by atoms with Gasteiger partial charge in [0.2, 0.25) is 0 Å². The van der Waals surface area contributed by atoms with E-state index in [1.165, 1.54) is 19.3 Å². The molecule has 1 saturated carbocycles. The SMILES string of the molecule is Cc1nn(-c2ccccc2)c(C)c1C(=O)N(C)C1CCCCC1. The van der Waals surface area contributed by atoms with E-state index in [0.29, 0.717) is 6.04 Å². The van der Waals surface area contributed by atoms with Crippen molar-refractivity contribution in [3.63, 3.8) is 0 Å². The standard InChI is InChI=1S/C19H25N3O/c1-14-18(19(23)21(3)16-10-6-4-7-11-16)15(2)22(20-14)17-12-8-5-9-13-17/h5,8-9,12-13,16H,4,6-7,10-11H2,1-3H3. The smallest absolute Gasteiger partial charge is 0.257 e. The van der Waals surface area contributed by atoms with E-state index in [1.807, 2.05) is 60.8 Å². The van der Waals surface area contributed by atoms with E-state index < -0.39 is 0 Å². The molecule has 0 N–H and O–H groups in total. The molecule has 0 bridgehead atoms. The van der Waals surface area contributed by atoms with Gasteiger partial charge in [0.15, 0.2) is 0 Å². The van der Waals surface area contributed by atoms with Crippen LogP contribution in [-0.4, -0.2) is 33.7 Å². The second-order valence-corrected chi connectivity index (χ2v) is 6.50. The average Bonchev–Trinajstić information content (AvgIpc) is 2.89. The van der Waals surface area contributed by atoms with Crippen molar-refractivity contribution < 1.29 is 4.79 Å². The third-order valence-corrected chi connectivity index (χ3v) is 4.95. The molecule has 1 aliphatic carbocycles. The largest absolute Gasteiger partial charge is 0.339 e. The number of aryl methyl sites for hydroxylation is 1. The number of nitrogens with zero attached hydrogens (tertiary/aromatic N) is 3. The summed E-state index contributed by atoms with van der Waals surface area (Å²) in [5, 5.41) is 4.60. The molecule has 1 heterocycles. The second-order valence-electron chi connectivity index (χ2n) is 6.50. The normalized spacial score (nSPS) is 15.6. The molecule has 4 nitrogen and oxygen atoms in total. The molecular weight excluding hydrogens is 286 g/mol. The summed E-state index contributed by atoms with van der Waals surface area (Å²) < 4.78 is 1.87. The Morgan fingerprint density at radius 1 is 1.13 bits per heavy atom. The van der Waals surface area contributed by atoms with Gasteiger partial charge in [-0.3, -0.25) is 4.79 Å². The molecule has 1 amide bonds. The summed E-state index contributed by atoms with van der Waals surface area (Å²) in [6.07, 6.45) is 5.98. The quantitative estimate of drug-likeness (QED) is 0.862. The van der Waals surface area contributed by atoms with Gasteiger partial charge in [0.25, 0.3) is 5.91 Å². The van der Waals surface area contributed by atoms with E-state index in [1.54, 1.807) is 0 Å². The number of benzene rings is 1. The van der Waals surface area contributed by atoms with Crippen LogP contribution in [0.4, 0.5) is 0 Å². The Labute approximate surface area is 138 Å². The number of para-hydroxylation sites is 1. The summed E-state index contributed by atoms with van der Waals surface area (Å²) in [4.78, 5) is 14.9. The summed E-state index contributed by atoms with van der Waals surface area (Å²) in [6, 6.07) is 10.4. The first-order valence-corrected chi connectivity index (χ1v) is 8.48. The van der Waals surface area contributed by atoms with E-state index in [9.17, 15) is 4.79 Å². The number of hydrogen-bond acceptors (Lipinski definition) is 2. The summed E-state index contributed by atoms with van der Waals surface area (Å²) in [5.41, 5.74) is 3.47. The van der Waals surface area contributed by atoms with Gasteiger partial charge in [0, 0.05) is 13.1 Å². The molecule has 0 unspecified atom stereocenters. The summed E-state index contributed by atoms with van der Waals surface area (Å²) in [6.45, 7) is 3.91. The first-order valence-electron chi connectivity index (χ1n) is 8.48. The van der Waals surface area contributed by atoms with Gasteiger partial charge >= 0.3 is 0 Å². The fourth-order valence-corrected chi connectivity index (χ4v) is 3.58. The fourth-order valence-electron chi connectivity index (χ4n) is 3.58. The Balaban J connectivity index is 1.90. The van der Waals surface area contributed by atoms with Gasteiger partial charge in [0.05, 0.1) is 22.6 Å². The first-order chi connectivity index (χ1) is 11.1. The molecule has 0 spiro atoms. The third-order valence-electron chi connectivity index (χ3n) is 4.95. The molecule has 23 heavy (non-hydrogen) atoms. The minimum Gasteiger partial charge on any atom is -0.339 e. The molecule has 1 aliphatic rings. The zero-order chi connectivity index (χ0) is 16.4. The number of rotatable bonds is 3. The average molecular weight is 311 g/mol. The van der Waals surface area contributed by atoms with Gasteiger partial charge in [-0.15, -0.1) is 0 Å². The summed E-state index contributed by atoms with van der Waals surface area (Å²) >= 11 is 0. The van der Waals surface area contributed by atoms with Gasteiger partial charge in [-0.25, -0.2) is 4.68 Å². The topological polar surface area (TPSA) is 38.1 Å². The highest BCUT2D eigenvalue weighted by Crippen LogP contribution is 2.25. The van der Waals surface area contributed by atoms with Crippen molar-refractivity contribution in [2.24, 2.45) is 0 Å². The van der Waals surface area contributed by atoms with Gasteiger partial charge in [-0.2, -0.15) is 5.10 Å². The van der Waals surface area contributed by atoms with Gasteiger partial charge in [0.1, 0.15) is 0 Å². The molecule has 1 aromatic carbocycles. The highest BCUT2D eigenvalue weighted by Gasteiger charge is 2.27. The molecule has 1 fully saturated rings. The number of carbonyl (C=O) groups excluding carboxylic acids is 1. The summed E-state index contributed by atoms with van der Waals surface area (Å²) in [7, 11) is 1.94. The fraction of sp³-hybridized carbons (Fsp3) is 0.474. The van der Waals surface area contributed by atoms with Crippen LogP contribution in [0.15, 0.2) is 30.3 Å². The lowest BCUT2D eigenvalue weighted by Gasteiger charge is -2.31. The summed E-state index contributed by atoms with van der Waals surface area (Å²) in [5.74, 6) is 0.106. The lowest BCUT2D eigenvalue weighted by molar-refractivity contribution is 0.0695. The lowest BCUT2D eigenvalue weighted by Crippen LogP contribution is -2.38. The van der Waals surface area contributed by atoms with Crippen LogP contribution in [0.5, 0.6) is 0 Å². The molecule has 1 aromatic heterocycles. The molecule has 0 aliphatic heterocycles. The van der Waals surface area contributed by atoms with E-state index in [2.05, 4.69) is 5.10 Å². The molecule has 2 aromatic rings. The van der Waals surface area contributed by atoms with Crippen molar-refractivity contribution in [3.05, 3.63) is 47.3 Å². The molecule has 0 atom stereocenters. The van der Waals surface area contributed by atoms with Crippen LogP contribution < -0.4 is 0 Å². The van der Waals surface area contributed by atoms with Crippen molar-refractivity contribution in [2.45, 2.75) is 52.0 Å². The highest BCUT2D eigenvalue weighted by molar-refractivity contribution is 5.96. The zero-order valence-corrected chi connectivity index (χ0v) is 14.2. The minimum atomic E-state index is 0.106. The Kier molecular flexibility index (Phi) is 4.51. The predicted molar refractivity (Wildman–Crippen MR) is 92.0 cm³/mol. The van der Waals surface area contributed by atoms with E-state index in [0.717, 1.165) is 35.5 Å². The van der Waals surface area contributed by atoms with E-state index in [-0.39, 0.29) is 5.91 Å². The number of carbonyl (C=O) groups is 1.